The lowest BCUT2D eigenvalue weighted by atomic mass is 10.3. The van der Waals surface area contributed by atoms with Crippen molar-refractivity contribution in [3.8, 4) is 11.8 Å². The molecule has 0 saturated carbocycles. The summed E-state index contributed by atoms with van der Waals surface area (Å²) in [5, 5.41) is 8.83. The van der Waals surface area contributed by atoms with Crippen molar-refractivity contribution in [2.24, 2.45) is 0 Å². The first-order chi connectivity index (χ1) is 7.85. The smallest absolute Gasteiger partial charge is 0.171 e. The van der Waals surface area contributed by atoms with Gasteiger partial charge in [-0.15, -0.1) is 0 Å². The van der Waals surface area contributed by atoms with Crippen molar-refractivity contribution < 1.29 is 9.47 Å². The summed E-state index contributed by atoms with van der Waals surface area (Å²) >= 11 is 0. The molecule has 5 nitrogen and oxygen atoms in total. The van der Waals surface area contributed by atoms with Crippen LogP contribution in [0.1, 0.15) is 0 Å². The highest BCUT2D eigenvalue weighted by molar-refractivity contribution is 5.52. The average molecular weight is 219 g/mol. The number of nitriles is 1. The van der Waals surface area contributed by atoms with Gasteiger partial charge in [-0.25, -0.2) is 4.98 Å². The average Bonchev–Trinajstić information content (AvgIpc) is 2.38. The number of rotatable bonds is 2. The Balaban J connectivity index is 2.20. The van der Waals surface area contributed by atoms with E-state index in [0.717, 1.165) is 18.1 Å². The molecule has 0 aromatic carbocycles. The molecular formula is C11H13N3O2. The Labute approximate surface area is 94.2 Å². The molecule has 1 atom stereocenters. The van der Waals surface area contributed by atoms with Crippen LogP contribution < -0.4 is 9.64 Å². The predicted octanol–water partition coefficient (Wildman–Crippen LogP) is 0.819. The lowest BCUT2D eigenvalue weighted by Crippen LogP contribution is -2.42. The number of hydrogen-bond donors (Lipinski definition) is 0. The minimum absolute atomic E-state index is 0.388. The minimum atomic E-state index is -0.388. The van der Waals surface area contributed by atoms with E-state index in [2.05, 4.69) is 11.1 Å². The zero-order chi connectivity index (χ0) is 11.4. The topological polar surface area (TPSA) is 58.4 Å². The van der Waals surface area contributed by atoms with Gasteiger partial charge < -0.3 is 14.4 Å². The number of ether oxygens (including phenoxy) is 2. The van der Waals surface area contributed by atoms with E-state index in [0.29, 0.717) is 13.2 Å². The summed E-state index contributed by atoms with van der Waals surface area (Å²) in [6.45, 7) is 1.80. The lowest BCUT2D eigenvalue weighted by Gasteiger charge is -2.31. The molecule has 1 aliphatic heterocycles. The molecule has 0 bridgehead atoms. The van der Waals surface area contributed by atoms with Gasteiger partial charge in [0.15, 0.2) is 17.7 Å². The largest absolute Gasteiger partial charge is 0.493 e. The van der Waals surface area contributed by atoms with Crippen LogP contribution in [0.15, 0.2) is 18.3 Å². The van der Waals surface area contributed by atoms with E-state index in [-0.39, 0.29) is 6.10 Å². The van der Waals surface area contributed by atoms with Crippen LogP contribution >= 0.6 is 0 Å². The SMILES string of the molecule is COc1cccnc1N1CCOC(C#N)C1. The minimum Gasteiger partial charge on any atom is -0.493 e. The highest BCUT2D eigenvalue weighted by Crippen LogP contribution is 2.26. The second-order valence-electron chi connectivity index (χ2n) is 3.46. The third-order valence-corrected chi connectivity index (χ3v) is 2.48. The molecule has 0 spiro atoms. The molecule has 1 saturated heterocycles. The van der Waals surface area contributed by atoms with Crippen LogP contribution in [-0.2, 0) is 4.74 Å². The molecule has 0 amide bonds. The first-order valence-corrected chi connectivity index (χ1v) is 5.10. The van der Waals surface area contributed by atoms with Crippen molar-refractivity contribution >= 4 is 5.82 Å². The van der Waals surface area contributed by atoms with Gasteiger partial charge in [-0.05, 0) is 12.1 Å². The Morgan fingerprint density at radius 2 is 2.56 bits per heavy atom. The molecule has 1 aromatic rings. The zero-order valence-electron chi connectivity index (χ0n) is 9.09. The standard InChI is InChI=1S/C11H13N3O2/c1-15-10-3-2-4-13-11(10)14-5-6-16-9(7-12)8-14/h2-4,9H,5-6,8H2,1H3. The molecule has 16 heavy (non-hydrogen) atoms. The van der Waals surface area contributed by atoms with Gasteiger partial charge in [0.1, 0.15) is 0 Å². The fourth-order valence-corrected chi connectivity index (χ4v) is 1.70. The number of hydrogen-bond acceptors (Lipinski definition) is 5. The number of nitrogens with zero attached hydrogens (tertiary/aromatic N) is 3. The summed E-state index contributed by atoms with van der Waals surface area (Å²) in [7, 11) is 1.61. The van der Waals surface area contributed by atoms with Gasteiger partial charge in [0.25, 0.3) is 0 Å². The third-order valence-electron chi connectivity index (χ3n) is 2.48. The maximum absolute atomic E-state index is 8.83. The molecule has 0 radical (unpaired) electrons. The fourth-order valence-electron chi connectivity index (χ4n) is 1.70. The summed E-state index contributed by atoms with van der Waals surface area (Å²) in [4.78, 5) is 6.29. The summed E-state index contributed by atoms with van der Waals surface area (Å²) < 4.78 is 10.5. The Hall–Kier alpha value is -1.80. The van der Waals surface area contributed by atoms with Crippen molar-refractivity contribution in [1.29, 1.82) is 5.26 Å². The third kappa shape index (κ3) is 2.07. The van der Waals surface area contributed by atoms with Gasteiger partial charge >= 0.3 is 0 Å². The van der Waals surface area contributed by atoms with Crippen LogP contribution in [0.25, 0.3) is 0 Å². The van der Waals surface area contributed by atoms with E-state index < -0.39 is 0 Å². The van der Waals surface area contributed by atoms with Crippen molar-refractivity contribution in [2.75, 3.05) is 31.7 Å². The van der Waals surface area contributed by atoms with Crippen molar-refractivity contribution in [3.05, 3.63) is 18.3 Å². The Kier molecular flexibility index (Phi) is 3.22. The lowest BCUT2D eigenvalue weighted by molar-refractivity contribution is 0.0759. The molecule has 1 unspecified atom stereocenters. The van der Waals surface area contributed by atoms with Crippen LogP contribution in [0.2, 0.25) is 0 Å². The maximum Gasteiger partial charge on any atom is 0.171 e. The molecule has 2 rings (SSSR count). The Morgan fingerprint density at radius 3 is 3.31 bits per heavy atom. The maximum atomic E-state index is 8.83. The van der Waals surface area contributed by atoms with Gasteiger partial charge in [0, 0.05) is 12.7 Å². The van der Waals surface area contributed by atoms with Crippen molar-refractivity contribution in [2.45, 2.75) is 6.10 Å². The zero-order valence-corrected chi connectivity index (χ0v) is 9.09. The van der Waals surface area contributed by atoms with Crippen LogP contribution in [0.5, 0.6) is 5.75 Å². The van der Waals surface area contributed by atoms with Crippen LogP contribution in [0.3, 0.4) is 0 Å². The number of morpholine rings is 1. The highest BCUT2D eigenvalue weighted by atomic mass is 16.5. The molecule has 0 aliphatic carbocycles. The van der Waals surface area contributed by atoms with E-state index >= 15 is 0 Å². The van der Waals surface area contributed by atoms with Crippen molar-refractivity contribution in [1.82, 2.24) is 4.98 Å². The molecule has 0 N–H and O–H groups in total. The summed E-state index contributed by atoms with van der Waals surface area (Å²) in [6.07, 6.45) is 1.33. The number of methoxy groups -OCH3 is 1. The fraction of sp³-hybridized carbons (Fsp3) is 0.455. The first kappa shape index (κ1) is 10.7. The number of pyridine rings is 1. The van der Waals surface area contributed by atoms with Crippen molar-refractivity contribution in [3.63, 3.8) is 0 Å². The molecule has 84 valence electrons. The van der Waals surface area contributed by atoms with Crippen LogP contribution in [0, 0.1) is 11.3 Å². The number of aromatic nitrogens is 1. The van der Waals surface area contributed by atoms with E-state index in [1.807, 2.05) is 17.0 Å². The molecule has 1 fully saturated rings. The molecule has 5 heteroatoms. The van der Waals surface area contributed by atoms with E-state index in [1.165, 1.54) is 0 Å². The highest BCUT2D eigenvalue weighted by Gasteiger charge is 2.22. The van der Waals surface area contributed by atoms with E-state index in [9.17, 15) is 0 Å². The monoisotopic (exact) mass is 219 g/mol. The van der Waals surface area contributed by atoms with Gasteiger partial charge in [0.05, 0.1) is 26.3 Å². The quantitative estimate of drug-likeness (QED) is 0.737. The second kappa shape index (κ2) is 4.81. The molecule has 2 heterocycles. The van der Waals surface area contributed by atoms with Gasteiger partial charge in [0.2, 0.25) is 0 Å². The summed E-state index contributed by atoms with van der Waals surface area (Å²) in [5.74, 6) is 1.50. The van der Waals surface area contributed by atoms with E-state index in [1.54, 1.807) is 13.3 Å². The Bertz CT molecular complexity index is 402. The summed E-state index contributed by atoms with van der Waals surface area (Å²) in [5.41, 5.74) is 0. The van der Waals surface area contributed by atoms with Gasteiger partial charge in [-0.1, -0.05) is 0 Å². The van der Waals surface area contributed by atoms with Gasteiger partial charge in [-0.2, -0.15) is 5.26 Å². The second-order valence-corrected chi connectivity index (χ2v) is 3.46. The Morgan fingerprint density at radius 1 is 1.69 bits per heavy atom. The summed E-state index contributed by atoms with van der Waals surface area (Å²) in [6, 6.07) is 5.79. The number of anilines is 1. The molecular weight excluding hydrogens is 206 g/mol. The van der Waals surface area contributed by atoms with E-state index in [4.69, 9.17) is 14.7 Å². The van der Waals surface area contributed by atoms with Crippen LogP contribution in [-0.4, -0.2) is 37.9 Å². The predicted molar refractivity (Wildman–Crippen MR) is 58.4 cm³/mol. The molecule has 1 aromatic heterocycles. The van der Waals surface area contributed by atoms with Gasteiger partial charge in [-0.3, -0.25) is 0 Å². The normalized spacial score (nSPS) is 20.2. The molecule has 1 aliphatic rings. The first-order valence-electron chi connectivity index (χ1n) is 5.10. The van der Waals surface area contributed by atoms with Crippen LogP contribution in [0.4, 0.5) is 5.82 Å².